The summed E-state index contributed by atoms with van der Waals surface area (Å²) in [5, 5.41) is 0. The van der Waals surface area contributed by atoms with Crippen molar-refractivity contribution in [1.82, 2.24) is 4.90 Å². The lowest BCUT2D eigenvalue weighted by molar-refractivity contribution is 0.0571. The van der Waals surface area contributed by atoms with E-state index in [-0.39, 0.29) is 18.3 Å². The number of halogens is 1. The van der Waals surface area contributed by atoms with E-state index in [2.05, 4.69) is 6.92 Å². The molecule has 0 bridgehead atoms. The van der Waals surface area contributed by atoms with Crippen LogP contribution in [0.4, 0.5) is 4.39 Å². The highest BCUT2D eigenvalue weighted by molar-refractivity contribution is 5.91. The van der Waals surface area contributed by atoms with Crippen molar-refractivity contribution in [2.24, 2.45) is 0 Å². The number of carbonyl (C=O) groups excluding carboxylic acids is 1. The number of benzene rings is 1. The number of carbonyl (C=O) groups is 1. The molecule has 2 aromatic rings. The quantitative estimate of drug-likeness (QED) is 0.815. The highest BCUT2D eigenvalue weighted by Crippen LogP contribution is 2.23. The number of piperidine rings is 1. The first-order valence-corrected chi connectivity index (χ1v) is 8.45. The van der Waals surface area contributed by atoms with Crippen LogP contribution >= 0.6 is 0 Å². The van der Waals surface area contributed by atoms with Crippen molar-refractivity contribution in [3.63, 3.8) is 0 Å². The summed E-state index contributed by atoms with van der Waals surface area (Å²) in [6.07, 6.45) is 4.25. The zero-order valence-corrected chi connectivity index (χ0v) is 13.8. The van der Waals surface area contributed by atoms with Gasteiger partial charge in [0, 0.05) is 12.6 Å². The Morgan fingerprint density at radius 1 is 1.25 bits per heavy atom. The first kappa shape index (κ1) is 16.6. The van der Waals surface area contributed by atoms with Crippen LogP contribution in [0.3, 0.4) is 0 Å². The molecule has 1 aliphatic rings. The highest BCUT2D eigenvalue weighted by atomic mass is 19.1. The molecule has 5 heteroatoms. The molecule has 0 spiro atoms. The van der Waals surface area contributed by atoms with Crippen molar-refractivity contribution >= 4 is 5.91 Å². The van der Waals surface area contributed by atoms with Crippen molar-refractivity contribution in [1.29, 1.82) is 0 Å². The predicted molar refractivity (Wildman–Crippen MR) is 88.4 cm³/mol. The van der Waals surface area contributed by atoms with Crippen molar-refractivity contribution in [2.45, 2.75) is 45.3 Å². The van der Waals surface area contributed by atoms with Crippen LogP contribution in [-0.4, -0.2) is 23.4 Å². The standard InChI is InChI=1S/C19H22FNO3/c1-2-15-5-3-4-12-21(15)19(22)18-11-10-17(24-18)13-23-16-8-6-14(20)7-9-16/h6-11,15H,2-5,12-13H2,1H3. The van der Waals surface area contributed by atoms with Crippen molar-refractivity contribution in [3.05, 3.63) is 53.7 Å². The molecule has 0 N–H and O–H groups in total. The molecule has 4 nitrogen and oxygen atoms in total. The summed E-state index contributed by atoms with van der Waals surface area (Å²) >= 11 is 0. The second-order valence-electron chi connectivity index (χ2n) is 6.06. The number of rotatable bonds is 5. The zero-order valence-electron chi connectivity index (χ0n) is 13.8. The average Bonchev–Trinajstić information content (AvgIpc) is 3.09. The maximum absolute atomic E-state index is 12.9. The Bertz CT molecular complexity index is 680. The van der Waals surface area contributed by atoms with E-state index in [0.717, 1.165) is 25.8 Å². The van der Waals surface area contributed by atoms with E-state index in [1.165, 1.54) is 18.6 Å². The van der Waals surface area contributed by atoms with Crippen LogP contribution in [-0.2, 0) is 6.61 Å². The van der Waals surface area contributed by atoms with Gasteiger partial charge in [0.05, 0.1) is 0 Å². The van der Waals surface area contributed by atoms with Gasteiger partial charge in [0.1, 0.15) is 23.9 Å². The van der Waals surface area contributed by atoms with Crippen LogP contribution in [0.25, 0.3) is 0 Å². The molecule has 1 fully saturated rings. The van der Waals surface area contributed by atoms with E-state index >= 15 is 0 Å². The summed E-state index contributed by atoms with van der Waals surface area (Å²) in [7, 11) is 0. The molecule has 0 radical (unpaired) electrons. The van der Waals surface area contributed by atoms with Crippen LogP contribution in [0.1, 0.15) is 48.9 Å². The van der Waals surface area contributed by atoms with E-state index in [9.17, 15) is 9.18 Å². The fourth-order valence-electron chi connectivity index (χ4n) is 3.09. The Kier molecular flexibility index (Phi) is 5.18. The summed E-state index contributed by atoms with van der Waals surface area (Å²) in [6, 6.07) is 9.55. The molecule has 0 saturated carbocycles. The highest BCUT2D eigenvalue weighted by Gasteiger charge is 2.27. The average molecular weight is 331 g/mol. The molecule has 3 rings (SSSR count). The lowest BCUT2D eigenvalue weighted by atomic mass is 10.00. The van der Waals surface area contributed by atoms with Gasteiger partial charge in [0.25, 0.3) is 5.91 Å². The molecular weight excluding hydrogens is 309 g/mol. The molecule has 128 valence electrons. The summed E-state index contributed by atoms with van der Waals surface area (Å²) in [6.45, 7) is 3.11. The number of amides is 1. The van der Waals surface area contributed by atoms with Gasteiger partial charge >= 0.3 is 0 Å². The molecule has 2 heterocycles. The van der Waals surface area contributed by atoms with Gasteiger partial charge in [0.15, 0.2) is 5.76 Å². The molecule has 1 saturated heterocycles. The van der Waals surface area contributed by atoms with Crippen LogP contribution in [0.15, 0.2) is 40.8 Å². The topological polar surface area (TPSA) is 42.7 Å². The molecule has 1 aliphatic heterocycles. The van der Waals surface area contributed by atoms with Gasteiger partial charge in [-0.2, -0.15) is 0 Å². The van der Waals surface area contributed by atoms with Gasteiger partial charge in [-0.15, -0.1) is 0 Å². The molecular formula is C19H22FNO3. The van der Waals surface area contributed by atoms with Crippen molar-refractivity contribution < 1.29 is 18.3 Å². The minimum absolute atomic E-state index is 0.0467. The van der Waals surface area contributed by atoms with Gasteiger partial charge < -0.3 is 14.1 Å². The Morgan fingerprint density at radius 3 is 2.79 bits per heavy atom. The molecule has 1 aromatic heterocycles. The fourth-order valence-corrected chi connectivity index (χ4v) is 3.09. The number of nitrogens with zero attached hydrogens (tertiary/aromatic N) is 1. The van der Waals surface area contributed by atoms with E-state index in [1.54, 1.807) is 24.3 Å². The van der Waals surface area contributed by atoms with E-state index in [0.29, 0.717) is 23.3 Å². The van der Waals surface area contributed by atoms with E-state index in [4.69, 9.17) is 9.15 Å². The third kappa shape index (κ3) is 3.78. The Morgan fingerprint density at radius 2 is 2.04 bits per heavy atom. The summed E-state index contributed by atoms with van der Waals surface area (Å²) in [5.41, 5.74) is 0. The smallest absolute Gasteiger partial charge is 0.289 e. The zero-order chi connectivity index (χ0) is 16.9. The largest absolute Gasteiger partial charge is 0.486 e. The second kappa shape index (κ2) is 7.51. The summed E-state index contributed by atoms with van der Waals surface area (Å²) in [5.74, 6) is 1.14. The normalized spacial score (nSPS) is 17.8. The van der Waals surface area contributed by atoms with Gasteiger partial charge in [0.2, 0.25) is 0 Å². The fraction of sp³-hybridized carbons (Fsp3) is 0.421. The molecule has 0 aliphatic carbocycles. The first-order valence-electron chi connectivity index (χ1n) is 8.45. The first-order chi connectivity index (χ1) is 11.7. The summed E-state index contributed by atoms with van der Waals surface area (Å²) < 4.78 is 24.1. The number of hydrogen-bond acceptors (Lipinski definition) is 3. The number of furan rings is 1. The second-order valence-corrected chi connectivity index (χ2v) is 6.06. The predicted octanol–water partition coefficient (Wildman–Crippen LogP) is 4.40. The Balaban J connectivity index is 1.62. The molecule has 1 amide bonds. The summed E-state index contributed by atoms with van der Waals surface area (Å²) in [4.78, 5) is 14.6. The monoisotopic (exact) mass is 331 g/mol. The van der Waals surface area contributed by atoms with Crippen molar-refractivity contribution in [3.8, 4) is 5.75 Å². The molecule has 24 heavy (non-hydrogen) atoms. The number of hydrogen-bond donors (Lipinski definition) is 0. The minimum Gasteiger partial charge on any atom is -0.486 e. The van der Waals surface area contributed by atoms with Crippen LogP contribution in [0.2, 0.25) is 0 Å². The third-order valence-electron chi connectivity index (χ3n) is 4.43. The third-order valence-corrected chi connectivity index (χ3v) is 4.43. The van der Waals surface area contributed by atoms with Crippen LogP contribution in [0.5, 0.6) is 5.75 Å². The van der Waals surface area contributed by atoms with Gasteiger partial charge in [-0.3, -0.25) is 4.79 Å². The van der Waals surface area contributed by atoms with Crippen molar-refractivity contribution in [2.75, 3.05) is 6.54 Å². The maximum Gasteiger partial charge on any atom is 0.289 e. The molecule has 1 unspecified atom stereocenters. The van der Waals surface area contributed by atoms with E-state index in [1.807, 2.05) is 4.90 Å². The maximum atomic E-state index is 12.9. The Labute approximate surface area is 141 Å². The molecule has 1 aromatic carbocycles. The van der Waals surface area contributed by atoms with E-state index < -0.39 is 0 Å². The lowest BCUT2D eigenvalue weighted by Gasteiger charge is -2.34. The van der Waals surface area contributed by atoms with Crippen LogP contribution in [0, 0.1) is 5.82 Å². The minimum atomic E-state index is -0.305. The van der Waals surface area contributed by atoms with Gasteiger partial charge in [-0.1, -0.05) is 6.92 Å². The SMILES string of the molecule is CCC1CCCCN1C(=O)c1ccc(COc2ccc(F)cc2)o1. The number of likely N-dealkylation sites (tertiary alicyclic amines) is 1. The lowest BCUT2D eigenvalue weighted by Crippen LogP contribution is -2.43. The van der Waals surface area contributed by atoms with Gasteiger partial charge in [-0.05, 0) is 62.1 Å². The van der Waals surface area contributed by atoms with Gasteiger partial charge in [-0.25, -0.2) is 4.39 Å². The van der Waals surface area contributed by atoms with Crippen LogP contribution < -0.4 is 4.74 Å². The Hall–Kier alpha value is -2.30. The number of ether oxygens (including phenoxy) is 1. The molecule has 1 atom stereocenters.